The van der Waals surface area contributed by atoms with Crippen LogP contribution in [0, 0.1) is 32.1 Å². The van der Waals surface area contributed by atoms with E-state index in [9.17, 15) is 20.0 Å². The molecule has 3 aromatic rings. The van der Waals surface area contributed by atoms with Gasteiger partial charge in [0.2, 0.25) is 0 Å². The molecule has 0 aliphatic heterocycles. The Kier molecular flexibility index (Phi) is 6.99. The number of nitrogens with zero attached hydrogens (tertiary/aromatic N) is 2. The van der Waals surface area contributed by atoms with Crippen LogP contribution in [0.5, 0.6) is 5.75 Å². The van der Waals surface area contributed by atoms with E-state index in [-0.39, 0.29) is 11.1 Å². The minimum Gasteiger partial charge on any atom is -0.494 e. The average molecular weight is 444 g/mol. The molecule has 0 atom stereocenters. The van der Waals surface area contributed by atoms with E-state index >= 15 is 0 Å². The van der Waals surface area contributed by atoms with Crippen LogP contribution in [0.4, 0.5) is 5.69 Å². The standard InChI is InChI=1S/C26H25N3O4/c1-5-33-23-10-8-22(9-11-23)28-25(30)21(15-27)13-20-12-17(3)29(18(20)4)24-14-19(26(31)32)7-6-16(24)2/h6-14H,5H2,1-4H3,(H,28,30)(H,31,32)/b21-13-. The number of benzene rings is 2. The van der Waals surface area contributed by atoms with Crippen molar-refractivity contribution in [1.82, 2.24) is 4.57 Å². The molecule has 7 nitrogen and oxygen atoms in total. The van der Waals surface area contributed by atoms with Crippen LogP contribution < -0.4 is 10.1 Å². The molecule has 168 valence electrons. The number of rotatable bonds is 7. The lowest BCUT2D eigenvalue weighted by Crippen LogP contribution is -2.13. The number of carboxylic acid groups (broad SMARTS) is 1. The summed E-state index contributed by atoms with van der Waals surface area (Å²) in [5, 5.41) is 21.7. The zero-order valence-electron chi connectivity index (χ0n) is 19.0. The topological polar surface area (TPSA) is 104 Å². The number of nitrogens with one attached hydrogen (secondary N) is 1. The Bertz CT molecular complexity index is 1280. The van der Waals surface area contributed by atoms with Crippen molar-refractivity contribution in [3.05, 3.63) is 82.2 Å². The zero-order valence-corrected chi connectivity index (χ0v) is 19.0. The second-order valence-electron chi connectivity index (χ2n) is 7.55. The Balaban J connectivity index is 1.92. The number of aromatic nitrogens is 1. The first-order valence-corrected chi connectivity index (χ1v) is 10.4. The van der Waals surface area contributed by atoms with Gasteiger partial charge in [0.05, 0.1) is 12.2 Å². The van der Waals surface area contributed by atoms with Crippen LogP contribution in [0.3, 0.4) is 0 Å². The summed E-state index contributed by atoms with van der Waals surface area (Å²) in [5.41, 5.74) is 4.69. The fourth-order valence-corrected chi connectivity index (χ4v) is 3.59. The monoisotopic (exact) mass is 443 g/mol. The highest BCUT2D eigenvalue weighted by Gasteiger charge is 2.16. The van der Waals surface area contributed by atoms with Gasteiger partial charge in [0.25, 0.3) is 5.91 Å². The maximum Gasteiger partial charge on any atom is 0.335 e. The van der Waals surface area contributed by atoms with Gasteiger partial charge in [-0.25, -0.2) is 4.79 Å². The van der Waals surface area contributed by atoms with Crippen LogP contribution in [-0.4, -0.2) is 28.2 Å². The van der Waals surface area contributed by atoms with Gasteiger partial charge < -0.3 is 19.7 Å². The number of nitriles is 1. The molecule has 1 aromatic heterocycles. The molecule has 0 saturated carbocycles. The third-order valence-electron chi connectivity index (χ3n) is 5.26. The average Bonchev–Trinajstić information content (AvgIpc) is 3.06. The Morgan fingerprint density at radius 2 is 1.82 bits per heavy atom. The summed E-state index contributed by atoms with van der Waals surface area (Å²) >= 11 is 0. The molecule has 0 aliphatic carbocycles. The minimum atomic E-state index is -1.00. The zero-order chi connectivity index (χ0) is 24.1. The number of hydrogen-bond donors (Lipinski definition) is 2. The molecule has 1 amide bonds. The second-order valence-corrected chi connectivity index (χ2v) is 7.55. The van der Waals surface area contributed by atoms with E-state index in [1.807, 2.05) is 44.4 Å². The fourth-order valence-electron chi connectivity index (χ4n) is 3.59. The summed E-state index contributed by atoms with van der Waals surface area (Å²) in [6.07, 6.45) is 1.54. The molecule has 0 spiro atoms. The van der Waals surface area contributed by atoms with Crippen molar-refractivity contribution in [2.24, 2.45) is 0 Å². The van der Waals surface area contributed by atoms with Crippen molar-refractivity contribution in [2.45, 2.75) is 27.7 Å². The molecule has 0 unspecified atom stereocenters. The van der Waals surface area contributed by atoms with Crippen molar-refractivity contribution >= 4 is 23.6 Å². The molecule has 2 N–H and O–H groups in total. The van der Waals surface area contributed by atoms with Crippen LogP contribution in [0.1, 0.15) is 39.8 Å². The summed E-state index contributed by atoms with van der Waals surface area (Å²) < 4.78 is 7.32. The van der Waals surface area contributed by atoms with Crippen molar-refractivity contribution in [3.63, 3.8) is 0 Å². The smallest absolute Gasteiger partial charge is 0.335 e. The quantitative estimate of drug-likeness (QED) is 0.393. The van der Waals surface area contributed by atoms with Crippen LogP contribution in [0.15, 0.2) is 54.1 Å². The Hall–Kier alpha value is -4.31. The normalized spacial score (nSPS) is 11.1. The molecule has 1 heterocycles. The Morgan fingerprint density at radius 3 is 2.42 bits per heavy atom. The highest BCUT2D eigenvalue weighted by molar-refractivity contribution is 6.09. The third-order valence-corrected chi connectivity index (χ3v) is 5.26. The lowest BCUT2D eigenvalue weighted by Gasteiger charge is -2.13. The van der Waals surface area contributed by atoms with Gasteiger partial charge in [-0.15, -0.1) is 0 Å². The number of anilines is 1. The van der Waals surface area contributed by atoms with Crippen molar-refractivity contribution in [3.8, 4) is 17.5 Å². The van der Waals surface area contributed by atoms with Gasteiger partial charge in [-0.1, -0.05) is 6.07 Å². The third kappa shape index (κ3) is 5.13. The van der Waals surface area contributed by atoms with Gasteiger partial charge in [-0.3, -0.25) is 4.79 Å². The van der Waals surface area contributed by atoms with Crippen LogP contribution >= 0.6 is 0 Å². The van der Waals surface area contributed by atoms with Crippen molar-refractivity contribution < 1.29 is 19.4 Å². The molecular formula is C26H25N3O4. The first-order valence-electron chi connectivity index (χ1n) is 10.4. The van der Waals surface area contributed by atoms with Gasteiger partial charge in [-0.05, 0) is 87.4 Å². The number of aryl methyl sites for hydroxylation is 2. The molecule has 2 aromatic carbocycles. The first kappa shape index (κ1) is 23.4. The minimum absolute atomic E-state index is 0.0415. The van der Waals surface area contributed by atoms with E-state index in [4.69, 9.17) is 4.74 Å². The van der Waals surface area contributed by atoms with Gasteiger partial charge >= 0.3 is 5.97 Å². The molecule has 0 radical (unpaired) electrons. The summed E-state index contributed by atoms with van der Waals surface area (Å²) in [6, 6.07) is 15.7. The molecule has 0 fully saturated rings. The number of hydrogen-bond acceptors (Lipinski definition) is 4. The predicted molar refractivity (Wildman–Crippen MR) is 127 cm³/mol. The summed E-state index contributed by atoms with van der Waals surface area (Å²) in [6.45, 7) is 8.10. The largest absolute Gasteiger partial charge is 0.494 e. The first-order chi connectivity index (χ1) is 15.7. The SMILES string of the molecule is CCOc1ccc(NC(=O)/C(C#N)=C\c2cc(C)n(-c3cc(C(=O)O)ccc3C)c2C)cc1. The summed E-state index contributed by atoms with van der Waals surface area (Å²) in [5.74, 6) is -0.826. The van der Waals surface area contributed by atoms with E-state index in [1.165, 1.54) is 0 Å². The van der Waals surface area contributed by atoms with Crippen molar-refractivity contribution in [1.29, 1.82) is 5.26 Å². The fraction of sp³-hybridized carbons (Fsp3) is 0.192. The highest BCUT2D eigenvalue weighted by Crippen LogP contribution is 2.26. The van der Waals surface area contributed by atoms with Crippen molar-refractivity contribution in [2.75, 3.05) is 11.9 Å². The maximum absolute atomic E-state index is 12.7. The number of aromatic carboxylic acids is 1. The maximum atomic E-state index is 12.7. The number of carboxylic acids is 1. The van der Waals surface area contributed by atoms with Crippen LogP contribution in [0.2, 0.25) is 0 Å². The molecule has 33 heavy (non-hydrogen) atoms. The highest BCUT2D eigenvalue weighted by atomic mass is 16.5. The number of ether oxygens (including phenoxy) is 1. The van der Waals surface area contributed by atoms with E-state index in [2.05, 4.69) is 5.32 Å². The number of amides is 1. The number of carbonyl (C=O) groups is 2. The van der Waals surface area contributed by atoms with Gasteiger partial charge in [0.15, 0.2) is 0 Å². The van der Waals surface area contributed by atoms with E-state index in [0.29, 0.717) is 23.6 Å². The van der Waals surface area contributed by atoms with E-state index in [1.54, 1.807) is 48.5 Å². The van der Waals surface area contributed by atoms with Crippen LogP contribution in [-0.2, 0) is 4.79 Å². The Morgan fingerprint density at radius 1 is 1.12 bits per heavy atom. The molecule has 7 heteroatoms. The summed E-state index contributed by atoms with van der Waals surface area (Å²) in [4.78, 5) is 24.1. The van der Waals surface area contributed by atoms with E-state index < -0.39 is 11.9 Å². The van der Waals surface area contributed by atoms with Crippen LogP contribution in [0.25, 0.3) is 11.8 Å². The molecule has 0 saturated heterocycles. The molecule has 0 aliphatic rings. The summed E-state index contributed by atoms with van der Waals surface area (Å²) in [7, 11) is 0. The Labute approximate surface area is 192 Å². The molecule has 0 bridgehead atoms. The van der Waals surface area contributed by atoms with Gasteiger partial charge in [0, 0.05) is 22.8 Å². The lowest BCUT2D eigenvalue weighted by molar-refractivity contribution is -0.112. The second kappa shape index (κ2) is 9.88. The molecule has 3 rings (SSSR count). The lowest BCUT2D eigenvalue weighted by atomic mass is 10.1. The predicted octanol–water partition coefficient (Wildman–Crippen LogP) is 5.05. The number of carbonyl (C=O) groups excluding carboxylic acids is 1. The molecular weight excluding hydrogens is 418 g/mol. The van der Waals surface area contributed by atoms with Gasteiger partial charge in [-0.2, -0.15) is 5.26 Å². The van der Waals surface area contributed by atoms with Gasteiger partial charge in [0.1, 0.15) is 17.4 Å². The van der Waals surface area contributed by atoms with E-state index in [0.717, 1.165) is 22.6 Å².